The van der Waals surface area contributed by atoms with Gasteiger partial charge in [-0.2, -0.15) is 5.26 Å². The summed E-state index contributed by atoms with van der Waals surface area (Å²) >= 11 is 1.12. The van der Waals surface area contributed by atoms with Crippen molar-refractivity contribution < 1.29 is 8.81 Å². The predicted molar refractivity (Wildman–Crippen MR) is 84.8 cm³/mol. The van der Waals surface area contributed by atoms with E-state index in [2.05, 4.69) is 0 Å². The fourth-order valence-electron chi connectivity index (χ4n) is 2.28. The van der Waals surface area contributed by atoms with Gasteiger partial charge >= 0.3 is 5.63 Å². The van der Waals surface area contributed by atoms with Crippen LogP contribution in [0.4, 0.5) is 4.39 Å². The molecule has 0 aliphatic carbocycles. The van der Waals surface area contributed by atoms with Gasteiger partial charge in [0.05, 0.1) is 0 Å². The van der Waals surface area contributed by atoms with Crippen LogP contribution in [-0.4, -0.2) is 0 Å². The molecule has 3 nitrogen and oxygen atoms in total. The van der Waals surface area contributed by atoms with Gasteiger partial charge in [0.25, 0.3) is 0 Å². The molecule has 3 aromatic rings. The summed E-state index contributed by atoms with van der Waals surface area (Å²) in [5, 5.41) is 11.4. The van der Waals surface area contributed by atoms with E-state index in [1.807, 2.05) is 17.5 Å². The van der Waals surface area contributed by atoms with E-state index in [0.717, 1.165) is 28.3 Å². The first-order valence-electron chi connectivity index (χ1n) is 6.51. The van der Waals surface area contributed by atoms with Crippen LogP contribution < -0.4 is 5.63 Å². The zero-order valence-electron chi connectivity index (χ0n) is 11.4. The van der Waals surface area contributed by atoms with E-state index in [1.54, 1.807) is 18.2 Å². The lowest BCUT2D eigenvalue weighted by atomic mass is 10.0. The van der Waals surface area contributed by atoms with E-state index < -0.39 is 5.63 Å². The van der Waals surface area contributed by atoms with E-state index in [1.165, 1.54) is 18.2 Å². The van der Waals surface area contributed by atoms with E-state index in [0.29, 0.717) is 16.9 Å². The molecule has 0 amide bonds. The third kappa shape index (κ3) is 2.87. The lowest BCUT2D eigenvalue weighted by molar-refractivity contribution is 0.561. The number of thiocyanates is 1. The Kier molecular flexibility index (Phi) is 3.94. The molecule has 0 aliphatic heterocycles. The van der Waals surface area contributed by atoms with Crippen molar-refractivity contribution in [3.8, 4) is 16.5 Å². The molecule has 0 N–H and O–H groups in total. The topological polar surface area (TPSA) is 54.0 Å². The zero-order chi connectivity index (χ0) is 15.5. The van der Waals surface area contributed by atoms with Gasteiger partial charge in [-0.25, -0.2) is 9.18 Å². The summed E-state index contributed by atoms with van der Waals surface area (Å²) in [6.45, 7) is 0. The van der Waals surface area contributed by atoms with Gasteiger partial charge in [-0.05, 0) is 46.7 Å². The number of hydrogen-bond acceptors (Lipinski definition) is 4. The van der Waals surface area contributed by atoms with Gasteiger partial charge in [0.2, 0.25) is 0 Å². The number of nitrogens with zero attached hydrogens (tertiary/aromatic N) is 1. The molecule has 0 unspecified atom stereocenters. The number of thioether (sulfide) groups is 1. The quantitative estimate of drug-likeness (QED) is 0.534. The van der Waals surface area contributed by atoms with Crippen molar-refractivity contribution in [1.29, 1.82) is 5.26 Å². The monoisotopic (exact) mass is 311 g/mol. The second-order valence-electron chi connectivity index (χ2n) is 4.70. The lowest BCUT2D eigenvalue weighted by Gasteiger charge is -2.07. The molecule has 0 atom stereocenters. The maximum atomic E-state index is 13.1. The first-order chi connectivity index (χ1) is 10.7. The molecule has 1 aromatic heterocycles. The SMILES string of the molecule is N#CSCc1ccc2c(-c3ccc(F)cc3)cc(=O)oc2c1. The van der Waals surface area contributed by atoms with Gasteiger partial charge in [-0.3, -0.25) is 0 Å². The molecule has 0 bridgehead atoms. The molecular formula is C17H10FNO2S. The number of nitriles is 1. The largest absolute Gasteiger partial charge is 0.423 e. The van der Waals surface area contributed by atoms with Crippen LogP contribution in [0.15, 0.2) is 57.7 Å². The second kappa shape index (κ2) is 6.04. The molecule has 0 saturated heterocycles. The third-order valence-electron chi connectivity index (χ3n) is 3.27. The molecule has 0 aliphatic rings. The molecule has 22 heavy (non-hydrogen) atoms. The first kappa shape index (κ1) is 14.4. The second-order valence-corrected chi connectivity index (χ2v) is 5.46. The van der Waals surface area contributed by atoms with E-state index in [4.69, 9.17) is 9.68 Å². The molecule has 1 heterocycles. The van der Waals surface area contributed by atoms with Crippen LogP contribution in [0.5, 0.6) is 0 Å². The number of fused-ring (bicyclic) bond motifs is 1. The highest BCUT2D eigenvalue weighted by molar-refractivity contribution is 8.02. The highest BCUT2D eigenvalue weighted by Crippen LogP contribution is 2.28. The smallest absolute Gasteiger partial charge is 0.336 e. The van der Waals surface area contributed by atoms with Gasteiger partial charge in [-0.1, -0.05) is 24.3 Å². The fraction of sp³-hybridized carbons (Fsp3) is 0.0588. The first-order valence-corrected chi connectivity index (χ1v) is 7.49. The minimum absolute atomic E-state index is 0.327. The van der Waals surface area contributed by atoms with Crippen LogP contribution in [0, 0.1) is 16.5 Å². The van der Waals surface area contributed by atoms with E-state index in [9.17, 15) is 9.18 Å². The number of benzene rings is 2. The van der Waals surface area contributed by atoms with Crippen LogP contribution in [0.2, 0.25) is 0 Å². The Morgan fingerprint density at radius 3 is 2.64 bits per heavy atom. The van der Waals surface area contributed by atoms with E-state index in [-0.39, 0.29) is 5.82 Å². The summed E-state index contributed by atoms with van der Waals surface area (Å²) in [6.07, 6.45) is 0. The Morgan fingerprint density at radius 1 is 1.14 bits per heavy atom. The van der Waals surface area contributed by atoms with Gasteiger partial charge in [-0.15, -0.1) is 0 Å². The van der Waals surface area contributed by atoms with Crippen LogP contribution in [-0.2, 0) is 5.75 Å². The Labute approximate surface area is 130 Å². The molecule has 0 saturated carbocycles. The summed E-state index contributed by atoms with van der Waals surface area (Å²) in [5.74, 6) is 0.198. The summed E-state index contributed by atoms with van der Waals surface area (Å²) in [5.41, 5.74) is 2.35. The van der Waals surface area contributed by atoms with E-state index >= 15 is 0 Å². The molecule has 2 aromatic carbocycles. The van der Waals surface area contributed by atoms with Gasteiger partial charge < -0.3 is 4.42 Å². The number of halogens is 1. The normalized spacial score (nSPS) is 10.5. The van der Waals surface area contributed by atoms with Gasteiger partial charge in [0.1, 0.15) is 16.8 Å². The summed E-state index contributed by atoms with van der Waals surface area (Å²) in [7, 11) is 0. The van der Waals surface area contributed by atoms with Crippen LogP contribution in [0.1, 0.15) is 5.56 Å². The number of hydrogen-bond donors (Lipinski definition) is 0. The van der Waals surface area contributed by atoms with Crippen LogP contribution >= 0.6 is 11.8 Å². The molecule has 0 spiro atoms. The highest BCUT2D eigenvalue weighted by Gasteiger charge is 2.09. The predicted octanol–water partition coefficient (Wildman–Crippen LogP) is 4.31. The molecule has 108 valence electrons. The lowest BCUT2D eigenvalue weighted by Crippen LogP contribution is -1.98. The Balaban J connectivity index is 2.16. The van der Waals surface area contributed by atoms with Gasteiger partial charge in [0, 0.05) is 17.2 Å². The van der Waals surface area contributed by atoms with Crippen LogP contribution in [0.3, 0.4) is 0 Å². The summed E-state index contributed by atoms with van der Waals surface area (Å²) in [6, 6.07) is 12.9. The zero-order valence-corrected chi connectivity index (χ0v) is 12.2. The van der Waals surface area contributed by atoms with Crippen molar-refractivity contribution in [3.05, 3.63) is 70.3 Å². The van der Waals surface area contributed by atoms with Crippen LogP contribution in [0.25, 0.3) is 22.1 Å². The molecule has 3 rings (SSSR count). The average Bonchev–Trinajstić information content (AvgIpc) is 2.52. The van der Waals surface area contributed by atoms with Crippen molar-refractivity contribution in [2.75, 3.05) is 0 Å². The Morgan fingerprint density at radius 2 is 1.91 bits per heavy atom. The average molecular weight is 311 g/mol. The highest BCUT2D eigenvalue weighted by atomic mass is 32.2. The standard InChI is InChI=1S/C17H10FNO2S/c18-13-4-2-12(3-5-13)15-8-17(20)21-16-7-11(9-22-10-19)1-6-14(15)16/h1-8H,9H2. The van der Waals surface area contributed by atoms with Crippen molar-refractivity contribution >= 4 is 22.7 Å². The van der Waals surface area contributed by atoms with Crippen molar-refractivity contribution in [2.24, 2.45) is 0 Å². The minimum Gasteiger partial charge on any atom is -0.423 e. The Bertz CT molecular complexity index is 926. The minimum atomic E-state index is -0.461. The fourth-order valence-corrected chi connectivity index (χ4v) is 2.69. The number of rotatable bonds is 3. The molecule has 0 radical (unpaired) electrons. The maximum absolute atomic E-state index is 13.1. The van der Waals surface area contributed by atoms with Crippen molar-refractivity contribution in [1.82, 2.24) is 0 Å². The van der Waals surface area contributed by atoms with Crippen molar-refractivity contribution in [2.45, 2.75) is 5.75 Å². The summed E-state index contributed by atoms with van der Waals surface area (Å²) in [4.78, 5) is 11.8. The van der Waals surface area contributed by atoms with Crippen molar-refractivity contribution in [3.63, 3.8) is 0 Å². The third-order valence-corrected chi connectivity index (χ3v) is 3.87. The maximum Gasteiger partial charge on any atom is 0.336 e. The van der Waals surface area contributed by atoms with Gasteiger partial charge in [0.15, 0.2) is 0 Å². The molecule has 0 fully saturated rings. The Hall–Kier alpha value is -2.58. The summed E-state index contributed by atoms with van der Waals surface area (Å²) < 4.78 is 18.3. The molecule has 5 heteroatoms. The molecular weight excluding hydrogens is 301 g/mol.